The summed E-state index contributed by atoms with van der Waals surface area (Å²) in [5.74, 6) is -1.37. The third-order valence-corrected chi connectivity index (χ3v) is 8.96. The number of hydrogen-bond acceptors (Lipinski definition) is 11. The molecule has 45 heavy (non-hydrogen) atoms. The molecular weight excluding hydrogens is 637 g/mol. The van der Waals surface area contributed by atoms with Crippen molar-refractivity contribution in [3.05, 3.63) is 35.4 Å². The molecule has 0 spiro atoms. The number of alkyl halides is 1. The van der Waals surface area contributed by atoms with Crippen LogP contribution in [-0.2, 0) is 23.4 Å². The van der Waals surface area contributed by atoms with E-state index in [0.717, 1.165) is 44.2 Å². The molecule has 1 fully saturated rings. The molecule has 0 bridgehead atoms. The van der Waals surface area contributed by atoms with Crippen molar-refractivity contribution < 1.29 is 41.4 Å². The standard InChI is InChI=1S/C28H38ClF2N6O7P/c1-5-40-26-24-25(34-28(32)35-26)37(15-33-24)18(4)42-23(16(2)30)14-41-45(39,44-20-11-12-22(31)21(29)13-20)36-17(3)27(38)43-19-9-7-6-8-10-19/h11-13,15-19,23H,5-10,14H2,1-4H3,(H,36,39)(H2,32,34,35)/t16-,17-,18+,23+,45?/m0/s1. The number of nitrogens with two attached hydrogens (primary N) is 1. The molecule has 17 heteroatoms. The van der Waals surface area contributed by atoms with Crippen LogP contribution < -0.4 is 20.1 Å². The van der Waals surface area contributed by atoms with Crippen LogP contribution in [0.3, 0.4) is 0 Å². The number of nitrogens with zero attached hydrogens (tertiary/aromatic N) is 4. The van der Waals surface area contributed by atoms with E-state index in [1.807, 2.05) is 0 Å². The molecule has 1 saturated carbocycles. The van der Waals surface area contributed by atoms with Gasteiger partial charge in [0.1, 0.15) is 42.2 Å². The van der Waals surface area contributed by atoms with Gasteiger partial charge in [0.25, 0.3) is 0 Å². The van der Waals surface area contributed by atoms with Gasteiger partial charge in [-0.05, 0) is 65.5 Å². The maximum Gasteiger partial charge on any atom is 0.459 e. The van der Waals surface area contributed by atoms with E-state index in [2.05, 4.69) is 20.0 Å². The molecule has 0 saturated heterocycles. The van der Waals surface area contributed by atoms with Crippen LogP contribution in [0.15, 0.2) is 24.5 Å². The molecule has 3 aromatic rings. The highest BCUT2D eigenvalue weighted by molar-refractivity contribution is 7.52. The van der Waals surface area contributed by atoms with Crippen LogP contribution in [0.25, 0.3) is 11.2 Å². The van der Waals surface area contributed by atoms with Crippen LogP contribution >= 0.6 is 19.3 Å². The number of carbonyl (C=O) groups excluding carboxylic acids is 1. The number of nitrogen functional groups attached to an aromatic ring is 1. The van der Waals surface area contributed by atoms with Crippen LogP contribution in [0.1, 0.15) is 66.0 Å². The monoisotopic (exact) mass is 674 g/mol. The van der Waals surface area contributed by atoms with E-state index in [9.17, 15) is 18.1 Å². The highest BCUT2D eigenvalue weighted by Crippen LogP contribution is 2.46. The topological polar surface area (TPSA) is 162 Å². The Balaban J connectivity index is 1.51. The van der Waals surface area contributed by atoms with E-state index in [1.54, 1.807) is 13.8 Å². The first kappa shape index (κ1) is 34.8. The average Bonchev–Trinajstić information content (AvgIpc) is 3.41. The summed E-state index contributed by atoms with van der Waals surface area (Å²) < 4.78 is 72.4. The number of benzene rings is 1. The number of halogens is 3. The Morgan fingerprint density at radius 3 is 2.62 bits per heavy atom. The van der Waals surface area contributed by atoms with Crippen LogP contribution in [0.5, 0.6) is 11.6 Å². The molecule has 248 valence electrons. The Hall–Kier alpha value is -3.10. The molecule has 1 aliphatic rings. The number of imidazole rings is 1. The zero-order valence-corrected chi connectivity index (χ0v) is 27.1. The number of carbonyl (C=O) groups is 1. The number of hydrogen-bond donors (Lipinski definition) is 2. The van der Waals surface area contributed by atoms with Gasteiger partial charge in [0.05, 0.1) is 24.6 Å². The summed E-state index contributed by atoms with van der Waals surface area (Å²) in [5.41, 5.74) is 6.47. The van der Waals surface area contributed by atoms with Crippen molar-refractivity contribution in [2.45, 2.75) is 90.4 Å². The Kier molecular flexibility index (Phi) is 11.9. The molecule has 5 atom stereocenters. The number of anilines is 1. The van der Waals surface area contributed by atoms with E-state index in [-0.39, 0.29) is 28.7 Å². The fraction of sp³-hybridized carbons (Fsp3) is 0.571. The maximum absolute atomic E-state index is 14.9. The van der Waals surface area contributed by atoms with Crippen molar-refractivity contribution in [3.8, 4) is 11.6 Å². The van der Waals surface area contributed by atoms with Gasteiger partial charge in [0.2, 0.25) is 11.8 Å². The van der Waals surface area contributed by atoms with Gasteiger partial charge in [-0.25, -0.2) is 18.3 Å². The van der Waals surface area contributed by atoms with E-state index >= 15 is 0 Å². The molecule has 2 heterocycles. The van der Waals surface area contributed by atoms with Crippen LogP contribution in [0.2, 0.25) is 5.02 Å². The summed E-state index contributed by atoms with van der Waals surface area (Å²) in [6.45, 7) is 5.81. The van der Waals surface area contributed by atoms with E-state index in [0.29, 0.717) is 17.8 Å². The predicted octanol–water partition coefficient (Wildman–Crippen LogP) is 5.92. The number of aromatic nitrogens is 4. The van der Waals surface area contributed by atoms with Crippen LogP contribution in [0.4, 0.5) is 14.7 Å². The van der Waals surface area contributed by atoms with Crippen molar-refractivity contribution in [2.75, 3.05) is 18.9 Å². The van der Waals surface area contributed by atoms with E-state index in [4.69, 9.17) is 40.6 Å². The fourth-order valence-electron chi connectivity index (χ4n) is 4.68. The summed E-state index contributed by atoms with van der Waals surface area (Å²) in [7, 11) is -4.45. The van der Waals surface area contributed by atoms with Gasteiger partial charge in [-0.2, -0.15) is 15.1 Å². The number of ether oxygens (including phenoxy) is 3. The first-order chi connectivity index (χ1) is 21.4. The smallest absolute Gasteiger partial charge is 0.459 e. The zero-order chi connectivity index (χ0) is 32.7. The lowest BCUT2D eigenvalue weighted by molar-refractivity contribution is -0.152. The summed E-state index contributed by atoms with van der Waals surface area (Å²) in [6.07, 6.45) is 1.83. The lowest BCUT2D eigenvalue weighted by Gasteiger charge is -2.28. The highest BCUT2D eigenvalue weighted by Gasteiger charge is 2.36. The van der Waals surface area contributed by atoms with Gasteiger partial charge >= 0.3 is 13.7 Å². The van der Waals surface area contributed by atoms with Crippen molar-refractivity contribution in [2.24, 2.45) is 0 Å². The lowest BCUT2D eigenvalue weighted by Crippen LogP contribution is -2.38. The SMILES string of the molecule is CCOc1nc(N)nc2c1ncn2[C@@H](C)O[C@H](COP(=O)(N[C@@H](C)C(=O)OC1CCCCC1)Oc1ccc(F)c(Cl)c1)[C@H](C)F. The molecule has 0 radical (unpaired) electrons. The summed E-state index contributed by atoms with van der Waals surface area (Å²) in [5, 5.41) is 2.26. The second-order valence-electron chi connectivity index (χ2n) is 10.6. The van der Waals surface area contributed by atoms with Crippen LogP contribution in [-0.4, -0.2) is 63.1 Å². The first-order valence-electron chi connectivity index (χ1n) is 14.7. The van der Waals surface area contributed by atoms with Crippen molar-refractivity contribution in [3.63, 3.8) is 0 Å². The molecule has 1 aromatic carbocycles. The molecule has 1 aliphatic carbocycles. The number of rotatable bonds is 15. The minimum absolute atomic E-state index is 0.0557. The maximum atomic E-state index is 14.9. The molecule has 0 aliphatic heterocycles. The normalized spacial score (nSPS) is 18.1. The van der Waals surface area contributed by atoms with E-state index in [1.165, 1.54) is 30.8 Å². The fourth-order valence-corrected chi connectivity index (χ4v) is 6.35. The molecule has 2 aromatic heterocycles. The van der Waals surface area contributed by atoms with Gasteiger partial charge in [0, 0.05) is 6.07 Å². The largest absolute Gasteiger partial charge is 0.476 e. The average molecular weight is 675 g/mol. The predicted molar refractivity (Wildman–Crippen MR) is 162 cm³/mol. The molecule has 4 rings (SSSR count). The van der Waals surface area contributed by atoms with Gasteiger partial charge in [-0.15, -0.1) is 0 Å². The van der Waals surface area contributed by atoms with E-state index < -0.39 is 50.7 Å². The Bertz CT molecular complexity index is 1510. The molecule has 1 unspecified atom stereocenters. The quantitative estimate of drug-likeness (QED) is 0.145. The minimum atomic E-state index is -4.45. The molecule has 3 N–H and O–H groups in total. The first-order valence-corrected chi connectivity index (χ1v) is 16.6. The summed E-state index contributed by atoms with van der Waals surface area (Å²) >= 11 is 5.88. The van der Waals surface area contributed by atoms with Gasteiger partial charge in [-0.1, -0.05) is 18.0 Å². The number of nitrogens with one attached hydrogen (secondary N) is 1. The Labute approximate surface area is 264 Å². The second kappa shape index (κ2) is 15.5. The lowest BCUT2D eigenvalue weighted by atomic mass is 9.98. The molecular formula is C28H38ClF2N6O7P. The van der Waals surface area contributed by atoms with Gasteiger partial charge < -0.3 is 24.5 Å². The minimum Gasteiger partial charge on any atom is -0.476 e. The molecule has 13 nitrogen and oxygen atoms in total. The number of fused-ring (bicyclic) bond motifs is 1. The van der Waals surface area contributed by atoms with Crippen molar-refractivity contribution >= 4 is 42.4 Å². The van der Waals surface area contributed by atoms with Crippen molar-refractivity contribution in [1.29, 1.82) is 0 Å². The highest BCUT2D eigenvalue weighted by atomic mass is 35.5. The summed E-state index contributed by atoms with van der Waals surface area (Å²) in [6, 6.07) is 2.16. The van der Waals surface area contributed by atoms with Crippen LogP contribution in [0, 0.1) is 5.82 Å². The third-order valence-electron chi connectivity index (χ3n) is 7.03. The van der Waals surface area contributed by atoms with Gasteiger partial charge in [-0.3, -0.25) is 13.9 Å². The Morgan fingerprint density at radius 1 is 1.22 bits per heavy atom. The molecule has 0 amide bonds. The second-order valence-corrected chi connectivity index (χ2v) is 12.7. The Morgan fingerprint density at radius 2 is 1.96 bits per heavy atom. The third kappa shape index (κ3) is 9.23. The van der Waals surface area contributed by atoms with Gasteiger partial charge in [0.15, 0.2) is 11.2 Å². The zero-order valence-electron chi connectivity index (χ0n) is 25.5. The number of esters is 1. The van der Waals surface area contributed by atoms with Crippen molar-refractivity contribution in [1.82, 2.24) is 24.6 Å². The summed E-state index contributed by atoms with van der Waals surface area (Å²) in [4.78, 5) is 25.4.